The van der Waals surface area contributed by atoms with Gasteiger partial charge in [-0.05, 0) is 47.5 Å². The predicted molar refractivity (Wildman–Crippen MR) is 120 cm³/mol. The average Bonchev–Trinajstić information content (AvgIpc) is 2.75. The summed E-state index contributed by atoms with van der Waals surface area (Å²) in [5.74, 6) is -0.100. The number of nitrogens with zero attached hydrogens (tertiary/aromatic N) is 1. The highest BCUT2D eigenvalue weighted by molar-refractivity contribution is 7.80. The van der Waals surface area contributed by atoms with Crippen molar-refractivity contribution in [1.29, 1.82) is 0 Å². The topological polar surface area (TPSA) is 123 Å². The summed E-state index contributed by atoms with van der Waals surface area (Å²) in [5, 5.41) is 13.0. The summed E-state index contributed by atoms with van der Waals surface area (Å²) < 4.78 is 5.39. The van der Waals surface area contributed by atoms with Gasteiger partial charge in [0.2, 0.25) is 5.91 Å². The molecular formula is C21H22N4O5S. The maximum Gasteiger partial charge on any atom is 0.276 e. The molecule has 0 aliphatic carbocycles. The number of hydrogen-bond acceptors (Lipinski definition) is 6. The van der Waals surface area contributed by atoms with Crippen molar-refractivity contribution in [3.05, 3.63) is 75.8 Å². The summed E-state index contributed by atoms with van der Waals surface area (Å²) in [5.41, 5.74) is 6.27. The number of hydrazine groups is 1. The predicted octanol–water partition coefficient (Wildman–Crippen LogP) is 2.83. The highest BCUT2D eigenvalue weighted by Gasteiger charge is 2.07. The van der Waals surface area contributed by atoms with Crippen LogP contribution in [0.15, 0.2) is 54.6 Å². The molecule has 0 fully saturated rings. The van der Waals surface area contributed by atoms with Crippen molar-refractivity contribution in [3.63, 3.8) is 0 Å². The van der Waals surface area contributed by atoms with Crippen LogP contribution in [0.5, 0.6) is 5.75 Å². The van der Waals surface area contributed by atoms with E-state index in [1.54, 1.807) is 18.2 Å². The van der Waals surface area contributed by atoms with Gasteiger partial charge in [0.25, 0.3) is 11.6 Å². The molecule has 10 heteroatoms. The van der Waals surface area contributed by atoms with Crippen LogP contribution in [0, 0.1) is 10.1 Å². The molecule has 162 valence electrons. The Morgan fingerprint density at radius 2 is 1.87 bits per heavy atom. The first-order valence-corrected chi connectivity index (χ1v) is 9.70. The molecule has 0 aliphatic rings. The van der Waals surface area contributed by atoms with E-state index in [1.807, 2.05) is 12.1 Å². The van der Waals surface area contributed by atoms with Gasteiger partial charge in [0.1, 0.15) is 5.75 Å². The lowest BCUT2D eigenvalue weighted by atomic mass is 10.0. The van der Waals surface area contributed by atoms with Crippen molar-refractivity contribution in [1.82, 2.24) is 16.2 Å². The van der Waals surface area contributed by atoms with Crippen molar-refractivity contribution in [2.24, 2.45) is 0 Å². The first-order valence-electron chi connectivity index (χ1n) is 9.29. The van der Waals surface area contributed by atoms with Crippen LogP contribution in [0.1, 0.15) is 30.9 Å². The molecule has 31 heavy (non-hydrogen) atoms. The Labute approximate surface area is 184 Å². The van der Waals surface area contributed by atoms with Gasteiger partial charge in [-0.1, -0.05) is 38.1 Å². The van der Waals surface area contributed by atoms with Gasteiger partial charge >= 0.3 is 0 Å². The number of thiocarbonyl (C=S) groups is 1. The van der Waals surface area contributed by atoms with Gasteiger partial charge in [0.15, 0.2) is 11.7 Å². The molecule has 2 rings (SSSR count). The zero-order valence-electron chi connectivity index (χ0n) is 17.0. The number of nitro benzene ring substituents is 1. The van der Waals surface area contributed by atoms with Gasteiger partial charge in [-0.3, -0.25) is 35.9 Å². The van der Waals surface area contributed by atoms with Crippen LogP contribution < -0.4 is 20.9 Å². The first-order chi connectivity index (χ1) is 14.7. The fourth-order valence-corrected chi connectivity index (χ4v) is 2.51. The number of carbonyl (C=O) groups excluding carboxylic acids is 2. The number of amides is 2. The van der Waals surface area contributed by atoms with Crippen LogP contribution in [-0.4, -0.2) is 28.5 Å². The quantitative estimate of drug-likeness (QED) is 0.261. The molecule has 0 bridgehead atoms. The highest BCUT2D eigenvalue weighted by atomic mass is 32.1. The SMILES string of the molecule is CC(C)c1ccc(OCC(=O)NNC(=S)NC(=O)/C=C/c2cccc([N+](=O)[O-])c2)cc1. The van der Waals surface area contributed by atoms with Crippen LogP contribution in [0.25, 0.3) is 6.08 Å². The second kappa shape index (κ2) is 11.4. The van der Waals surface area contributed by atoms with Crippen LogP contribution >= 0.6 is 12.2 Å². The van der Waals surface area contributed by atoms with E-state index in [2.05, 4.69) is 30.0 Å². The molecule has 3 N–H and O–H groups in total. The van der Waals surface area contributed by atoms with Gasteiger partial charge < -0.3 is 4.74 Å². The van der Waals surface area contributed by atoms with E-state index < -0.39 is 16.7 Å². The molecule has 0 spiro atoms. The van der Waals surface area contributed by atoms with Gasteiger partial charge in [-0.2, -0.15) is 0 Å². The molecule has 2 aromatic carbocycles. The summed E-state index contributed by atoms with van der Waals surface area (Å²) in [4.78, 5) is 34.0. The Morgan fingerprint density at radius 3 is 2.52 bits per heavy atom. The second-order valence-electron chi connectivity index (χ2n) is 6.69. The van der Waals surface area contributed by atoms with Crippen molar-refractivity contribution in [2.75, 3.05) is 6.61 Å². The second-order valence-corrected chi connectivity index (χ2v) is 7.10. The van der Waals surface area contributed by atoms with Crippen molar-refractivity contribution >= 4 is 40.9 Å². The minimum Gasteiger partial charge on any atom is -0.484 e. The molecule has 2 aromatic rings. The summed E-state index contributed by atoms with van der Waals surface area (Å²) in [6.45, 7) is 3.93. The molecule has 9 nitrogen and oxygen atoms in total. The van der Waals surface area contributed by atoms with Crippen LogP contribution in [0.3, 0.4) is 0 Å². The Kier molecular flexibility index (Phi) is 8.64. The molecule has 0 radical (unpaired) electrons. The molecule has 0 unspecified atom stereocenters. The maximum absolute atomic E-state index is 11.9. The van der Waals surface area contributed by atoms with Crippen LogP contribution in [-0.2, 0) is 9.59 Å². The Balaban J connectivity index is 1.73. The Hall–Kier alpha value is -3.79. The minimum atomic E-state index is -0.570. The largest absolute Gasteiger partial charge is 0.484 e. The van der Waals surface area contributed by atoms with Gasteiger partial charge in [0, 0.05) is 18.2 Å². The summed E-state index contributed by atoms with van der Waals surface area (Å²) >= 11 is 4.93. The molecular weight excluding hydrogens is 420 g/mol. The number of carbonyl (C=O) groups is 2. The fourth-order valence-electron chi connectivity index (χ4n) is 2.36. The third kappa shape index (κ3) is 8.23. The third-order valence-electron chi connectivity index (χ3n) is 3.98. The molecule has 0 aromatic heterocycles. The molecule has 0 saturated heterocycles. The standard InChI is InChI=1S/C21H22N4O5S/c1-14(2)16-7-9-18(10-8-16)30-13-20(27)23-24-21(31)22-19(26)11-6-15-4-3-5-17(12-15)25(28)29/h3-12,14H,13H2,1-2H3,(H,23,27)(H2,22,24,26,31)/b11-6+. The molecule has 0 heterocycles. The summed E-state index contributed by atoms with van der Waals surface area (Å²) in [7, 11) is 0. The van der Waals surface area contributed by atoms with Crippen LogP contribution in [0.4, 0.5) is 5.69 Å². The van der Waals surface area contributed by atoms with E-state index in [-0.39, 0.29) is 17.4 Å². The number of nitrogens with one attached hydrogen (secondary N) is 3. The van der Waals surface area contributed by atoms with Gasteiger partial charge in [0.05, 0.1) is 4.92 Å². The number of nitro groups is 1. The first kappa shape index (κ1) is 23.5. The minimum absolute atomic E-state index is 0.0828. The summed E-state index contributed by atoms with van der Waals surface area (Å²) in [6, 6.07) is 13.2. The normalized spacial score (nSPS) is 10.5. The number of non-ortho nitro benzene ring substituents is 1. The van der Waals surface area contributed by atoms with E-state index in [4.69, 9.17) is 17.0 Å². The number of ether oxygens (including phenoxy) is 1. The van der Waals surface area contributed by atoms with E-state index in [0.29, 0.717) is 17.2 Å². The maximum atomic E-state index is 11.9. The average molecular weight is 442 g/mol. The van der Waals surface area contributed by atoms with E-state index in [9.17, 15) is 19.7 Å². The number of hydrogen-bond donors (Lipinski definition) is 3. The Bertz CT molecular complexity index is 990. The number of benzene rings is 2. The fraction of sp³-hybridized carbons (Fsp3) is 0.190. The number of rotatable bonds is 7. The van der Waals surface area contributed by atoms with E-state index in [1.165, 1.54) is 35.9 Å². The lowest BCUT2D eigenvalue weighted by Crippen LogP contribution is -2.49. The lowest BCUT2D eigenvalue weighted by Gasteiger charge is -2.11. The molecule has 0 atom stereocenters. The highest BCUT2D eigenvalue weighted by Crippen LogP contribution is 2.18. The monoisotopic (exact) mass is 442 g/mol. The van der Waals surface area contributed by atoms with Gasteiger partial charge in [-0.25, -0.2) is 0 Å². The van der Waals surface area contributed by atoms with Crippen molar-refractivity contribution in [3.8, 4) is 5.75 Å². The summed E-state index contributed by atoms with van der Waals surface area (Å²) in [6.07, 6.45) is 2.57. The smallest absolute Gasteiger partial charge is 0.276 e. The van der Waals surface area contributed by atoms with E-state index >= 15 is 0 Å². The van der Waals surface area contributed by atoms with Crippen LogP contribution in [0.2, 0.25) is 0 Å². The third-order valence-corrected chi connectivity index (χ3v) is 4.18. The molecule has 0 saturated carbocycles. The zero-order valence-corrected chi connectivity index (χ0v) is 17.8. The van der Waals surface area contributed by atoms with Crippen molar-refractivity contribution < 1.29 is 19.2 Å². The molecule has 2 amide bonds. The zero-order chi connectivity index (χ0) is 22.8. The molecule has 0 aliphatic heterocycles. The van der Waals surface area contributed by atoms with Gasteiger partial charge in [-0.15, -0.1) is 0 Å². The lowest BCUT2D eigenvalue weighted by molar-refractivity contribution is -0.384. The van der Waals surface area contributed by atoms with Crippen molar-refractivity contribution in [2.45, 2.75) is 19.8 Å². The van der Waals surface area contributed by atoms with E-state index in [0.717, 1.165) is 0 Å². The Morgan fingerprint density at radius 1 is 1.16 bits per heavy atom.